The second kappa shape index (κ2) is 12.9. The van der Waals surface area contributed by atoms with E-state index in [4.69, 9.17) is 0 Å². The standard InChI is InChI=1S/C18H27NO.C10H14.C2H6/c1-13(19-18(14(2)20)11-6-12-18)15-7-9-16(10-8-15)17(3,4)5;1-3-4-10-7-5-9(2)6-8-10;1-2/h7-10,13,19H,6,11-12H2,1-5H3;5-8H,3-4H2,1-2H3;1-2H3. The van der Waals surface area contributed by atoms with Crippen LogP contribution in [0.3, 0.4) is 0 Å². The van der Waals surface area contributed by atoms with Crippen LogP contribution in [0.15, 0.2) is 48.5 Å². The minimum Gasteiger partial charge on any atom is -0.298 e. The Morgan fingerprint density at radius 1 is 1.00 bits per heavy atom. The first-order valence-electron chi connectivity index (χ1n) is 12.5. The molecular weight excluding hydrogens is 390 g/mol. The minimum atomic E-state index is -0.262. The van der Waals surface area contributed by atoms with Crippen LogP contribution in [0.25, 0.3) is 0 Å². The first-order valence-corrected chi connectivity index (χ1v) is 12.5. The Morgan fingerprint density at radius 3 is 1.91 bits per heavy atom. The first kappa shape index (κ1) is 28.1. The van der Waals surface area contributed by atoms with Crippen LogP contribution in [0.4, 0.5) is 0 Å². The molecule has 0 bridgehead atoms. The summed E-state index contributed by atoms with van der Waals surface area (Å²) < 4.78 is 0. The zero-order valence-electron chi connectivity index (χ0n) is 22.1. The Hall–Kier alpha value is -1.93. The highest BCUT2D eigenvalue weighted by Crippen LogP contribution is 2.35. The maximum Gasteiger partial charge on any atom is 0.149 e. The van der Waals surface area contributed by atoms with Crippen molar-refractivity contribution in [3.8, 4) is 0 Å². The van der Waals surface area contributed by atoms with E-state index in [0.717, 1.165) is 19.3 Å². The highest BCUT2D eigenvalue weighted by molar-refractivity contribution is 5.87. The van der Waals surface area contributed by atoms with Gasteiger partial charge in [-0.05, 0) is 68.6 Å². The monoisotopic (exact) mass is 437 g/mol. The Labute approximate surface area is 198 Å². The number of hydrogen-bond acceptors (Lipinski definition) is 2. The summed E-state index contributed by atoms with van der Waals surface area (Å²) in [5.41, 5.74) is 5.32. The van der Waals surface area contributed by atoms with Crippen molar-refractivity contribution >= 4 is 5.78 Å². The summed E-state index contributed by atoms with van der Waals surface area (Å²) >= 11 is 0. The van der Waals surface area contributed by atoms with E-state index in [1.165, 1.54) is 35.1 Å². The third-order valence-corrected chi connectivity index (χ3v) is 6.31. The van der Waals surface area contributed by atoms with Crippen molar-refractivity contribution in [2.75, 3.05) is 0 Å². The summed E-state index contributed by atoms with van der Waals surface area (Å²) in [5, 5.41) is 3.55. The predicted molar refractivity (Wildman–Crippen MR) is 140 cm³/mol. The van der Waals surface area contributed by atoms with Gasteiger partial charge in [0, 0.05) is 6.04 Å². The fraction of sp³-hybridized carbons (Fsp3) is 0.567. The molecule has 0 saturated heterocycles. The molecule has 2 heteroatoms. The number of aryl methyl sites for hydroxylation is 2. The van der Waals surface area contributed by atoms with Gasteiger partial charge in [0.1, 0.15) is 5.78 Å². The predicted octanol–water partition coefficient (Wildman–Crippen LogP) is 8.12. The van der Waals surface area contributed by atoms with E-state index in [1.54, 1.807) is 6.92 Å². The summed E-state index contributed by atoms with van der Waals surface area (Å²) in [6.07, 6.45) is 5.56. The Balaban J connectivity index is 0.000000358. The average Bonchev–Trinajstić information content (AvgIpc) is 2.73. The van der Waals surface area contributed by atoms with Gasteiger partial charge in [0.05, 0.1) is 5.54 Å². The average molecular weight is 438 g/mol. The third kappa shape index (κ3) is 8.20. The summed E-state index contributed by atoms with van der Waals surface area (Å²) in [7, 11) is 0. The number of carbonyl (C=O) groups excluding carboxylic acids is 1. The molecule has 3 rings (SSSR count). The van der Waals surface area contributed by atoms with Crippen molar-refractivity contribution < 1.29 is 4.79 Å². The molecule has 0 aliphatic heterocycles. The summed E-state index contributed by atoms with van der Waals surface area (Å²) in [5.74, 6) is 0.280. The van der Waals surface area contributed by atoms with Gasteiger partial charge >= 0.3 is 0 Å². The van der Waals surface area contributed by atoms with Crippen LogP contribution >= 0.6 is 0 Å². The van der Waals surface area contributed by atoms with Gasteiger partial charge < -0.3 is 0 Å². The molecule has 1 N–H and O–H groups in total. The van der Waals surface area contributed by atoms with Gasteiger partial charge in [-0.1, -0.05) is 102 Å². The van der Waals surface area contributed by atoms with Gasteiger partial charge in [-0.2, -0.15) is 0 Å². The lowest BCUT2D eigenvalue weighted by molar-refractivity contribution is -0.127. The maximum absolute atomic E-state index is 11.8. The molecule has 2 aromatic rings. The third-order valence-electron chi connectivity index (χ3n) is 6.31. The van der Waals surface area contributed by atoms with Crippen LogP contribution < -0.4 is 5.32 Å². The number of benzene rings is 2. The molecule has 0 heterocycles. The Bertz CT molecular complexity index is 792. The van der Waals surface area contributed by atoms with Crippen molar-refractivity contribution in [2.24, 2.45) is 0 Å². The Kier molecular flexibility index (Phi) is 11.4. The lowest BCUT2D eigenvalue weighted by atomic mass is 9.73. The largest absolute Gasteiger partial charge is 0.298 e. The van der Waals surface area contributed by atoms with Crippen molar-refractivity contribution in [1.82, 2.24) is 5.32 Å². The van der Waals surface area contributed by atoms with Crippen molar-refractivity contribution in [1.29, 1.82) is 0 Å². The van der Waals surface area contributed by atoms with Crippen LogP contribution in [0.5, 0.6) is 0 Å². The van der Waals surface area contributed by atoms with E-state index in [-0.39, 0.29) is 22.8 Å². The van der Waals surface area contributed by atoms with E-state index in [1.807, 2.05) is 13.8 Å². The molecule has 1 atom stereocenters. The summed E-state index contributed by atoms with van der Waals surface area (Å²) in [4.78, 5) is 11.8. The van der Waals surface area contributed by atoms with Crippen LogP contribution in [0, 0.1) is 6.92 Å². The van der Waals surface area contributed by atoms with E-state index in [2.05, 4.69) is 95.4 Å². The van der Waals surface area contributed by atoms with Crippen LogP contribution in [-0.4, -0.2) is 11.3 Å². The van der Waals surface area contributed by atoms with E-state index in [0.29, 0.717) is 0 Å². The van der Waals surface area contributed by atoms with Gasteiger partial charge in [-0.15, -0.1) is 0 Å². The SMILES string of the molecule is CC.CC(=O)C1(NC(C)c2ccc(C(C)(C)C)cc2)CCC1.CCCc1ccc(C)cc1. The van der Waals surface area contributed by atoms with Crippen molar-refractivity contribution in [3.05, 3.63) is 70.8 Å². The molecule has 32 heavy (non-hydrogen) atoms. The molecule has 0 aromatic heterocycles. The molecule has 178 valence electrons. The molecule has 2 nitrogen and oxygen atoms in total. The highest BCUT2D eigenvalue weighted by Gasteiger charge is 2.42. The van der Waals surface area contributed by atoms with Gasteiger partial charge in [-0.25, -0.2) is 0 Å². The fourth-order valence-corrected chi connectivity index (χ4v) is 3.94. The molecule has 0 radical (unpaired) electrons. The maximum atomic E-state index is 11.8. The molecule has 1 aliphatic carbocycles. The molecule has 2 aromatic carbocycles. The van der Waals surface area contributed by atoms with Crippen LogP contribution in [0.1, 0.15) is 109 Å². The molecule has 1 unspecified atom stereocenters. The van der Waals surface area contributed by atoms with E-state index < -0.39 is 0 Å². The number of hydrogen-bond donors (Lipinski definition) is 1. The minimum absolute atomic E-state index is 0.184. The van der Waals surface area contributed by atoms with E-state index in [9.17, 15) is 4.79 Å². The molecule has 0 amide bonds. The summed E-state index contributed by atoms with van der Waals surface area (Å²) in [6, 6.07) is 17.8. The number of carbonyl (C=O) groups is 1. The topological polar surface area (TPSA) is 29.1 Å². The van der Waals surface area contributed by atoms with Gasteiger partial charge in [0.25, 0.3) is 0 Å². The highest BCUT2D eigenvalue weighted by atomic mass is 16.1. The molecular formula is C30H47NO. The van der Waals surface area contributed by atoms with Crippen LogP contribution in [-0.2, 0) is 16.6 Å². The fourth-order valence-electron chi connectivity index (χ4n) is 3.94. The van der Waals surface area contributed by atoms with E-state index >= 15 is 0 Å². The number of nitrogens with one attached hydrogen (secondary N) is 1. The van der Waals surface area contributed by atoms with Crippen molar-refractivity contribution in [2.45, 2.75) is 111 Å². The first-order chi connectivity index (χ1) is 15.1. The normalized spacial score (nSPS) is 15.3. The van der Waals surface area contributed by atoms with Crippen molar-refractivity contribution in [3.63, 3.8) is 0 Å². The van der Waals surface area contributed by atoms with Gasteiger partial charge in [0.15, 0.2) is 0 Å². The Morgan fingerprint density at radius 2 is 1.53 bits per heavy atom. The van der Waals surface area contributed by atoms with Gasteiger partial charge in [0.2, 0.25) is 0 Å². The number of rotatable bonds is 6. The lowest BCUT2D eigenvalue weighted by Crippen LogP contribution is -2.56. The number of ketones is 1. The number of Topliss-reactive ketones (excluding diaryl/α,β-unsaturated/α-hetero) is 1. The molecule has 0 spiro atoms. The zero-order chi connectivity index (χ0) is 24.4. The second-order valence-corrected chi connectivity index (χ2v) is 9.97. The quantitative estimate of drug-likeness (QED) is 0.494. The zero-order valence-corrected chi connectivity index (χ0v) is 22.1. The molecule has 1 aliphatic rings. The molecule has 1 saturated carbocycles. The summed E-state index contributed by atoms with van der Waals surface area (Å²) in [6.45, 7) is 18.9. The molecule has 1 fully saturated rings. The second-order valence-electron chi connectivity index (χ2n) is 9.97. The van der Waals surface area contributed by atoms with Gasteiger partial charge in [-0.3, -0.25) is 10.1 Å². The van der Waals surface area contributed by atoms with Crippen LogP contribution in [0.2, 0.25) is 0 Å². The smallest absolute Gasteiger partial charge is 0.149 e. The lowest BCUT2D eigenvalue weighted by Gasteiger charge is -2.42.